The molecule has 0 radical (unpaired) electrons. The lowest BCUT2D eigenvalue weighted by molar-refractivity contribution is -0.145. The molecule has 1 aliphatic rings. The van der Waals surface area contributed by atoms with Gasteiger partial charge >= 0.3 is 5.97 Å². The van der Waals surface area contributed by atoms with Gasteiger partial charge in [-0.3, -0.25) is 33.6 Å². The van der Waals surface area contributed by atoms with Gasteiger partial charge in [0, 0.05) is 19.4 Å². The lowest BCUT2D eigenvalue weighted by Crippen LogP contribution is -2.60. The molecule has 0 spiro atoms. The molecule has 12 N–H and O–H groups in total. The normalized spacial score (nSPS) is 17.5. The maximum atomic E-state index is 14.2. The number of hydrogen-bond donors (Lipinski definition) is 9. The molecule has 1 saturated heterocycles. The molecule has 1 heterocycles. The lowest BCUT2D eigenvalue weighted by Gasteiger charge is -2.32. The SMILES string of the molecule is CC[C@H](C)[C@H](NC(=O)[C@@H]1CCCN1C(=O)[C@H](Cc1ccc(O)cc1)NC(=O)[C@H](CC(N)=O)NC(=O)[C@@H](N)CCC(N)=O)C(=O)N[C@H](C(=O)O)C(C)C. The third-order valence-electron chi connectivity index (χ3n) is 8.93. The maximum absolute atomic E-state index is 14.2. The van der Waals surface area contributed by atoms with E-state index in [1.165, 1.54) is 29.2 Å². The van der Waals surface area contributed by atoms with Crippen LogP contribution in [0.25, 0.3) is 0 Å². The van der Waals surface area contributed by atoms with Gasteiger partial charge in [0.05, 0.1) is 12.5 Å². The molecule has 0 bridgehead atoms. The van der Waals surface area contributed by atoms with Crippen LogP contribution < -0.4 is 38.5 Å². The van der Waals surface area contributed by atoms with Crippen LogP contribution in [0, 0.1) is 11.8 Å². The summed E-state index contributed by atoms with van der Waals surface area (Å²) in [6, 6.07) is -1.74. The van der Waals surface area contributed by atoms with Gasteiger partial charge in [0.1, 0.15) is 36.0 Å². The molecule has 1 fully saturated rings. The average molecular weight is 733 g/mol. The van der Waals surface area contributed by atoms with Crippen molar-refractivity contribution in [3.63, 3.8) is 0 Å². The molecule has 288 valence electrons. The van der Waals surface area contributed by atoms with Crippen molar-refractivity contribution >= 4 is 47.3 Å². The Morgan fingerprint density at radius 1 is 0.846 bits per heavy atom. The van der Waals surface area contributed by atoms with Gasteiger partial charge in [0.15, 0.2) is 0 Å². The number of nitrogens with one attached hydrogen (secondary N) is 4. The number of rotatable bonds is 20. The van der Waals surface area contributed by atoms with E-state index >= 15 is 0 Å². The van der Waals surface area contributed by atoms with Crippen LogP contribution in [0.3, 0.4) is 0 Å². The number of nitrogens with zero attached hydrogens (tertiary/aromatic N) is 1. The second-order valence-electron chi connectivity index (χ2n) is 13.4. The fraction of sp³-hybridized carbons (Fsp3) is 0.588. The van der Waals surface area contributed by atoms with Crippen LogP contribution in [0.2, 0.25) is 0 Å². The smallest absolute Gasteiger partial charge is 0.326 e. The van der Waals surface area contributed by atoms with Crippen LogP contribution in [0.5, 0.6) is 5.75 Å². The molecule has 0 aliphatic carbocycles. The van der Waals surface area contributed by atoms with E-state index < -0.39 is 102 Å². The van der Waals surface area contributed by atoms with Gasteiger partial charge in [-0.1, -0.05) is 46.2 Å². The summed E-state index contributed by atoms with van der Waals surface area (Å²) in [6.45, 7) is 6.92. The van der Waals surface area contributed by atoms with Crippen molar-refractivity contribution in [3.8, 4) is 5.75 Å². The molecule has 7 amide bonds. The second-order valence-corrected chi connectivity index (χ2v) is 13.4. The highest BCUT2D eigenvalue weighted by Gasteiger charge is 2.41. The number of primary amides is 2. The Labute approximate surface area is 302 Å². The van der Waals surface area contributed by atoms with Crippen LogP contribution >= 0.6 is 0 Å². The number of carboxylic acids is 1. The molecule has 18 nitrogen and oxygen atoms in total. The number of carboxylic acid groups (broad SMARTS) is 1. The van der Waals surface area contributed by atoms with E-state index in [4.69, 9.17) is 17.2 Å². The number of carbonyl (C=O) groups excluding carboxylic acids is 7. The summed E-state index contributed by atoms with van der Waals surface area (Å²) in [6.07, 6.45) is -0.0445. The van der Waals surface area contributed by atoms with Crippen LogP contribution in [0.1, 0.15) is 71.8 Å². The summed E-state index contributed by atoms with van der Waals surface area (Å²) in [5.74, 6) is -7.62. The van der Waals surface area contributed by atoms with Crippen molar-refractivity contribution in [3.05, 3.63) is 29.8 Å². The Morgan fingerprint density at radius 3 is 2.00 bits per heavy atom. The second kappa shape index (κ2) is 20.0. The molecule has 0 aromatic heterocycles. The standard InChI is InChI=1S/C34H52N8O10/c1-5-18(4)28(32(49)40-27(17(2)3)34(51)52)41-31(48)24-7-6-14-42(24)33(50)23(15-19-8-10-20(43)11-9-19)39-30(47)22(16-26(37)45)38-29(46)21(35)12-13-25(36)44/h8-11,17-18,21-24,27-28,43H,5-7,12-16,35H2,1-4H3,(H2,36,44)(H2,37,45)(H,38,46)(H,39,47)(H,40,49)(H,41,48)(H,51,52)/t18-,21-,22-,23-,24-,27-,28-/m0/s1. The van der Waals surface area contributed by atoms with Crippen molar-refractivity contribution in [1.29, 1.82) is 0 Å². The quantitative estimate of drug-likeness (QED) is 0.0715. The van der Waals surface area contributed by atoms with Crippen molar-refractivity contribution in [1.82, 2.24) is 26.2 Å². The van der Waals surface area contributed by atoms with Crippen molar-refractivity contribution in [2.24, 2.45) is 29.0 Å². The van der Waals surface area contributed by atoms with E-state index in [2.05, 4.69) is 21.3 Å². The van der Waals surface area contributed by atoms with Crippen LogP contribution in [0.4, 0.5) is 0 Å². The number of hydrogen-bond acceptors (Lipinski definition) is 10. The fourth-order valence-corrected chi connectivity index (χ4v) is 5.67. The predicted octanol–water partition coefficient (Wildman–Crippen LogP) is -1.88. The Balaban J connectivity index is 2.37. The zero-order valence-corrected chi connectivity index (χ0v) is 29.9. The van der Waals surface area contributed by atoms with Crippen LogP contribution in [0.15, 0.2) is 24.3 Å². The van der Waals surface area contributed by atoms with Gasteiger partial charge in [-0.05, 0) is 48.8 Å². The summed E-state index contributed by atoms with van der Waals surface area (Å²) >= 11 is 0. The summed E-state index contributed by atoms with van der Waals surface area (Å²) < 4.78 is 0. The maximum Gasteiger partial charge on any atom is 0.326 e. The highest BCUT2D eigenvalue weighted by Crippen LogP contribution is 2.22. The first-order valence-corrected chi connectivity index (χ1v) is 17.2. The molecule has 52 heavy (non-hydrogen) atoms. The Bertz CT molecular complexity index is 1470. The minimum atomic E-state index is -1.56. The minimum absolute atomic E-state index is 0.0492. The Morgan fingerprint density at radius 2 is 1.46 bits per heavy atom. The lowest BCUT2D eigenvalue weighted by atomic mass is 9.96. The summed E-state index contributed by atoms with van der Waals surface area (Å²) in [7, 11) is 0. The fourth-order valence-electron chi connectivity index (χ4n) is 5.67. The van der Waals surface area contributed by atoms with Crippen LogP contribution in [-0.4, -0.2) is 105 Å². The number of nitrogens with two attached hydrogens (primary N) is 3. The van der Waals surface area contributed by atoms with Gasteiger partial charge in [-0.25, -0.2) is 4.79 Å². The number of amides is 7. The van der Waals surface area contributed by atoms with E-state index in [9.17, 15) is 48.6 Å². The summed E-state index contributed by atoms with van der Waals surface area (Å²) in [5.41, 5.74) is 16.8. The van der Waals surface area contributed by atoms with Crippen LogP contribution in [-0.2, 0) is 44.8 Å². The molecule has 1 aromatic rings. The first-order chi connectivity index (χ1) is 24.4. The van der Waals surface area contributed by atoms with E-state index in [0.29, 0.717) is 18.4 Å². The summed E-state index contributed by atoms with van der Waals surface area (Å²) in [4.78, 5) is 104. The highest BCUT2D eigenvalue weighted by molar-refractivity contribution is 5.98. The molecule has 18 heteroatoms. The number of aromatic hydroxyl groups is 1. The third kappa shape index (κ3) is 12.8. The first kappa shape index (κ1) is 42.9. The molecule has 0 saturated carbocycles. The molecule has 1 aliphatic heterocycles. The number of likely N-dealkylation sites (tertiary alicyclic amines) is 1. The number of phenolic OH excluding ortho intramolecular Hbond substituents is 1. The molecular weight excluding hydrogens is 680 g/mol. The molecular formula is C34H52N8O10. The molecule has 2 rings (SSSR count). The Kier molecular flexibility index (Phi) is 16.5. The number of benzene rings is 1. The number of carbonyl (C=O) groups is 8. The topological polar surface area (TPSA) is 306 Å². The monoisotopic (exact) mass is 732 g/mol. The van der Waals surface area contributed by atoms with Gasteiger partial charge in [-0.2, -0.15) is 0 Å². The van der Waals surface area contributed by atoms with E-state index in [0.717, 1.165) is 0 Å². The molecule has 0 unspecified atom stereocenters. The van der Waals surface area contributed by atoms with E-state index in [1.54, 1.807) is 27.7 Å². The number of phenols is 1. The summed E-state index contributed by atoms with van der Waals surface area (Å²) in [5, 5.41) is 29.5. The minimum Gasteiger partial charge on any atom is -0.508 e. The first-order valence-electron chi connectivity index (χ1n) is 17.2. The predicted molar refractivity (Wildman–Crippen MR) is 186 cm³/mol. The van der Waals surface area contributed by atoms with E-state index in [-0.39, 0.29) is 38.0 Å². The zero-order valence-electron chi connectivity index (χ0n) is 29.9. The highest BCUT2D eigenvalue weighted by atomic mass is 16.4. The van der Waals surface area contributed by atoms with Gasteiger partial charge < -0.3 is 53.6 Å². The van der Waals surface area contributed by atoms with Crippen molar-refractivity contribution < 1.29 is 48.6 Å². The Hall–Kier alpha value is -5.26. The van der Waals surface area contributed by atoms with E-state index in [1.807, 2.05) is 0 Å². The molecule has 1 aromatic carbocycles. The number of aliphatic carboxylic acids is 1. The average Bonchev–Trinajstić information content (AvgIpc) is 3.57. The molecule has 7 atom stereocenters. The van der Waals surface area contributed by atoms with Gasteiger partial charge in [0.2, 0.25) is 41.4 Å². The largest absolute Gasteiger partial charge is 0.508 e. The van der Waals surface area contributed by atoms with Crippen molar-refractivity contribution in [2.45, 2.75) is 109 Å². The third-order valence-corrected chi connectivity index (χ3v) is 8.93. The van der Waals surface area contributed by atoms with Crippen molar-refractivity contribution in [2.75, 3.05) is 6.54 Å². The zero-order chi connectivity index (χ0) is 39.3. The van der Waals surface area contributed by atoms with Gasteiger partial charge in [0.25, 0.3) is 0 Å². The van der Waals surface area contributed by atoms with Gasteiger partial charge in [-0.15, -0.1) is 0 Å².